The molecule has 1 heterocycles. The highest BCUT2D eigenvalue weighted by molar-refractivity contribution is 5.86. The highest BCUT2D eigenvalue weighted by Gasteiger charge is 2.49. The Balaban J connectivity index is 2.73. The lowest BCUT2D eigenvalue weighted by Crippen LogP contribution is -2.43. The van der Waals surface area contributed by atoms with Crippen LogP contribution in [0.1, 0.15) is 13.3 Å². The standard InChI is InChI=1S/C9H13F3N2O2/c1-8(6(15)13-2)3-4-14(5-8)7(16)9(10,11)12/h3-5H2,1-2H3,(H,13,15). The molecule has 2 amide bonds. The topological polar surface area (TPSA) is 49.4 Å². The number of alkyl halides is 3. The number of hydrogen-bond acceptors (Lipinski definition) is 2. The van der Waals surface area contributed by atoms with Gasteiger partial charge in [0.15, 0.2) is 0 Å². The van der Waals surface area contributed by atoms with Gasteiger partial charge in [-0.25, -0.2) is 0 Å². The minimum Gasteiger partial charge on any atom is -0.359 e. The van der Waals surface area contributed by atoms with E-state index >= 15 is 0 Å². The molecule has 1 atom stereocenters. The van der Waals surface area contributed by atoms with Gasteiger partial charge in [0.05, 0.1) is 5.41 Å². The second-order valence-corrected chi connectivity index (χ2v) is 4.11. The smallest absolute Gasteiger partial charge is 0.359 e. The van der Waals surface area contributed by atoms with Gasteiger partial charge in [0.2, 0.25) is 5.91 Å². The first-order valence-electron chi connectivity index (χ1n) is 4.79. The van der Waals surface area contributed by atoms with Crippen molar-refractivity contribution in [2.75, 3.05) is 20.1 Å². The third kappa shape index (κ3) is 2.28. The Hall–Kier alpha value is -1.27. The van der Waals surface area contributed by atoms with Gasteiger partial charge in [0.25, 0.3) is 0 Å². The highest BCUT2D eigenvalue weighted by Crippen LogP contribution is 2.32. The van der Waals surface area contributed by atoms with Crippen LogP contribution in [0.4, 0.5) is 13.2 Å². The minimum absolute atomic E-state index is 0.0394. The second kappa shape index (κ2) is 3.95. The third-order valence-electron chi connectivity index (χ3n) is 2.78. The molecular weight excluding hydrogens is 225 g/mol. The van der Waals surface area contributed by atoms with E-state index in [1.807, 2.05) is 0 Å². The van der Waals surface area contributed by atoms with Gasteiger partial charge < -0.3 is 10.2 Å². The van der Waals surface area contributed by atoms with Gasteiger partial charge in [0.1, 0.15) is 0 Å². The van der Waals surface area contributed by atoms with Crippen LogP contribution in [0.5, 0.6) is 0 Å². The molecular formula is C9H13F3N2O2. The van der Waals surface area contributed by atoms with E-state index in [0.717, 1.165) is 0 Å². The van der Waals surface area contributed by atoms with Crippen LogP contribution >= 0.6 is 0 Å². The van der Waals surface area contributed by atoms with Gasteiger partial charge in [-0.3, -0.25) is 9.59 Å². The number of carbonyl (C=O) groups excluding carboxylic acids is 2. The maximum absolute atomic E-state index is 12.1. The fourth-order valence-corrected chi connectivity index (χ4v) is 1.80. The Labute approximate surface area is 90.8 Å². The summed E-state index contributed by atoms with van der Waals surface area (Å²) in [6, 6.07) is 0. The highest BCUT2D eigenvalue weighted by atomic mass is 19.4. The second-order valence-electron chi connectivity index (χ2n) is 4.11. The van der Waals surface area contributed by atoms with Crippen LogP contribution in [0.15, 0.2) is 0 Å². The average molecular weight is 238 g/mol. The molecule has 0 bridgehead atoms. The summed E-state index contributed by atoms with van der Waals surface area (Å²) in [4.78, 5) is 23.0. The number of halogens is 3. The lowest BCUT2D eigenvalue weighted by molar-refractivity contribution is -0.184. The summed E-state index contributed by atoms with van der Waals surface area (Å²) in [7, 11) is 1.42. The van der Waals surface area contributed by atoms with E-state index in [2.05, 4.69) is 5.32 Å². The molecule has 16 heavy (non-hydrogen) atoms. The van der Waals surface area contributed by atoms with Crippen molar-refractivity contribution in [2.24, 2.45) is 5.41 Å². The molecule has 0 saturated carbocycles. The van der Waals surface area contributed by atoms with Gasteiger partial charge in [-0.15, -0.1) is 0 Å². The number of nitrogens with one attached hydrogen (secondary N) is 1. The third-order valence-corrected chi connectivity index (χ3v) is 2.78. The van der Waals surface area contributed by atoms with Crippen molar-refractivity contribution in [3.8, 4) is 0 Å². The fraction of sp³-hybridized carbons (Fsp3) is 0.778. The van der Waals surface area contributed by atoms with E-state index in [0.29, 0.717) is 4.90 Å². The Morgan fingerprint density at radius 2 is 1.94 bits per heavy atom. The maximum Gasteiger partial charge on any atom is 0.471 e. The van der Waals surface area contributed by atoms with E-state index < -0.39 is 17.5 Å². The molecule has 0 aromatic rings. The Morgan fingerprint density at radius 3 is 2.38 bits per heavy atom. The van der Waals surface area contributed by atoms with Gasteiger partial charge in [0, 0.05) is 20.1 Å². The van der Waals surface area contributed by atoms with Crippen LogP contribution in [0.2, 0.25) is 0 Å². The molecule has 1 N–H and O–H groups in total. The van der Waals surface area contributed by atoms with Crippen molar-refractivity contribution in [1.29, 1.82) is 0 Å². The monoisotopic (exact) mass is 238 g/mol. The zero-order chi connectivity index (χ0) is 12.6. The van der Waals surface area contributed by atoms with Crippen molar-refractivity contribution >= 4 is 11.8 Å². The van der Waals surface area contributed by atoms with E-state index in [9.17, 15) is 22.8 Å². The van der Waals surface area contributed by atoms with Crippen LogP contribution in [0, 0.1) is 5.41 Å². The molecule has 7 heteroatoms. The molecule has 1 fully saturated rings. The van der Waals surface area contributed by atoms with Gasteiger partial charge in [-0.2, -0.15) is 13.2 Å². The molecule has 0 aliphatic carbocycles. The molecule has 1 unspecified atom stereocenters. The van der Waals surface area contributed by atoms with Gasteiger partial charge >= 0.3 is 12.1 Å². The lowest BCUT2D eigenvalue weighted by Gasteiger charge is -2.23. The molecule has 92 valence electrons. The van der Waals surface area contributed by atoms with Crippen molar-refractivity contribution in [1.82, 2.24) is 10.2 Å². The molecule has 1 saturated heterocycles. The first kappa shape index (κ1) is 12.8. The molecule has 1 rings (SSSR count). The summed E-state index contributed by atoms with van der Waals surface area (Å²) in [6.45, 7) is 1.32. The summed E-state index contributed by atoms with van der Waals surface area (Å²) >= 11 is 0. The molecule has 0 aromatic carbocycles. The fourth-order valence-electron chi connectivity index (χ4n) is 1.80. The normalized spacial score (nSPS) is 25.7. The summed E-state index contributed by atoms with van der Waals surface area (Å²) in [5.74, 6) is -2.22. The predicted octanol–water partition coefficient (Wildman–Crippen LogP) is 0.533. The van der Waals surface area contributed by atoms with Gasteiger partial charge in [-0.05, 0) is 13.3 Å². The molecule has 0 aromatic heterocycles. The number of carbonyl (C=O) groups is 2. The van der Waals surface area contributed by atoms with E-state index in [1.54, 1.807) is 6.92 Å². The minimum atomic E-state index is -4.87. The number of rotatable bonds is 1. The Kier molecular flexibility index (Phi) is 3.16. The van der Waals surface area contributed by atoms with Crippen LogP contribution < -0.4 is 5.32 Å². The number of likely N-dealkylation sites (tertiary alicyclic amines) is 1. The van der Waals surface area contributed by atoms with Crippen molar-refractivity contribution < 1.29 is 22.8 Å². The van der Waals surface area contributed by atoms with Crippen LogP contribution in [0.3, 0.4) is 0 Å². The van der Waals surface area contributed by atoms with Crippen molar-refractivity contribution in [3.63, 3.8) is 0 Å². The summed E-state index contributed by atoms with van der Waals surface area (Å²) < 4.78 is 36.4. The van der Waals surface area contributed by atoms with E-state index in [4.69, 9.17) is 0 Å². The van der Waals surface area contributed by atoms with Gasteiger partial charge in [-0.1, -0.05) is 0 Å². The molecule has 0 spiro atoms. The zero-order valence-electron chi connectivity index (χ0n) is 9.02. The van der Waals surface area contributed by atoms with Crippen LogP contribution in [-0.2, 0) is 9.59 Å². The number of hydrogen-bond donors (Lipinski definition) is 1. The lowest BCUT2D eigenvalue weighted by atomic mass is 9.89. The van der Waals surface area contributed by atoms with E-state index in [-0.39, 0.29) is 25.4 Å². The van der Waals surface area contributed by atoms with Crippen molar-refractivity contribution in [2.45, 2.75) is 19.5 Å². The molecule has 4 nitrogen and oxygen atoms in total. The van der Waals surface area contributed by atoms with Crippen molar-refractivity contribution in [3.05, 3.63) is 0 Å². The number of nitrogens with zero attached hydrogens (tertiary/aromatic N) is 1. The molecule has 1 aliphatic heterocycles. The number of amides is 2. The maximum atomic E-state index is 12.1. The first-order valence-corrected chi connectivity index (χ1v) is 4.79. The molecule has 1 aliphatic rings. The largest absolute Gasteiger partial charge is 0.471 e. The average Bonchev–Trinajstić information content (AvgIpc) is 2.58. The Bertz CT molecular complexity index is 316. The summed E-state index contributed by atoms with van der Waals surface area (Å²) in [5.41, 5.74) is -0.921. The SMILES string of the molecule is CNC(=O)C1(C)CCN(C(=O)C(F)(F)F)C1. The van der Waals surface area contributed by atoms with Crippen LogP contribution in [0.25, 0.3) is 0 Å². The predicted molar refractivity (Wildman–Crippen MR) is 49.4 cm³/mol. The zero-order valence-corrected chi connectivity index (χ0v) is 9.02. The summed E-state index contributed by atoms with van der Waals surface area (Å²) in [6.07, 6.45) is -4.62. The van der Waals surface area contributed by atoms with E-state index in [1.165, 1.54) is 7.05 Å². The first-order chi connectivity index (χ1) is 7.20. The molecule has 0 radical (unpaired) electrons. The quantitative estimate of drug-likeness (QED) is 0.724. The summed E-state index contributed by atoms with van der Waals surface area (Å²) in [5, 5.41) is 2.39. The van der Waals surface area contributed by atoms with Crippen LogP contribution in [-0.4, -0.2) is 43.0 Å². The Morgan fingerprint density at radius 1 is 1.38 bits per heavy atom.